The number of aryl methyl sites for hydroxylation is 1. The Bertz CT molecular complexity index is 954. The molecule has 2 aliphatic rings. The summed E-state index contributed by atoms with van der Waals surface area (Å²) in [5.74, 6) is 0.868. The Kier molecular flexibility index (Phi) is 6.68. The maximum absolute atomic E-state index is 13.0. The summed E-state index contributed by atoms with van der Waals surface area (Å²) in [7, 11) is 0. The van der Waals surface area contributed by atoms with Crippen LogP contribution in [-0.2, 0) is 11.2 Å². The Balaban J connectivity index is 1.34. The van der Waals surface area contributed by atoms with Gasteiger partial charge in [0.1, 0.15) is 12.4 Å². The molecule has 2 aliphatic heterocycles. The zero-order chi connectivity index (χ0) is 22.6. The summed E-state index contributed by atoms with van der Waals surface area (Å²) in [5, 5.41) is 3.64. The lowest BCUT2D eigenvalue weighted by Gasteiger charge is -2.37. The van der Waals surface area contributed by atoms with E-state index in [0.29, 0.717) is 38.3 Å². The van der Waals surface area contributed by atoms with Crippen molar-refractivity contribution < 1.29 is 14.3 Å². The summed E-state index contributed by atoms with van der Waals surface area (Å²) in [4.78, 5) is 28.2. The molecule has 0 aliphatic carbocycles. The van der Waals surface area contributed by atoms with Crippen LogP contribution in [-0.4, -0.2) is 59.9 Å². The van der Waals surface area contributed by atoms with E-state index in [-0.39, 0.29) is 17.4 Å². The van der Waals surface area contributed by atoms with E-state index in [1.807, 2.05) is 23.1 Å². The molecule has 2 heterocycles. The lowest BCUT2D eigenvalue weighted by atomic mass is 9.92. The molecule has 0 spiro atoms. The third-order valence-electron chi connectivity index (χ3n) is 6.51. The molecule has 170 valence electrons. The molecule has 4 rings (SSSR count). The molecule has 1 unspecified atom stereocenters. The topological polar surface area (TPSA) is 61.9 Å². The highest BCUT2D eigenvalue weighted by Gasteiger charge is 2.31. The zero-order valence-electron chi connectivity index (χ0n) is 19.1. The number of fused-ring (bicyclic) bond motifs is 1. The van der Waals surface area contributed by atoms with E-state index in [1.165, 1.54) is 5.56 Å². The van der Waals surface area contributed by atoms with Crippen molar-refractivity contribution in [3.05, 3.63) is 59.7 Å². The molecule has 32 heavy (non-hydrogen) atoms. The average Bonchev–Trinajstić information content (AvgIpc) is 2.81. The van der Waals surface area contributed by atoms with Crippen LogP contribution in [0.25, 0.3) is 0 Å². The fraction of sp³-hybridized carbons (Fsp3) is 0.462. The van der Waals surface area contributed by atoms with Crippen molar-refractivity contribution >= 4 is 17.5 Å². The molecule has 1 N–H and O–H groups in total. The number of anilines is 1. The van der Waals surface area contributed by atoms with Gasteiger partial charge in [-0.05, 0) is 49.9 Å². The minimum absolute atomic E-state index is 0.00735. The molecular weight excluding hydrogens is 402 g/mol. The van der Waals surface area contributed by atoms with E-state index in [4.69, 9.17) is 4.74 Å². The van der Waals surface area contributed by atoms with E-state index >= 15 is 0 Å². The maximum atomic E-state index is 13.0. The number of rotatable bonds is 6. The Morgan fingerprint density at radius 3 is 2.44 bits per heavy atom. The Hall–Kier alpha value is -3.02. The van der Waals surface area contributed by atoms with Crippen molar-refractivity contribution in [2.45, 2.75) is 45.1 Å². The van der Waals surface area contributed by atoms with Crippen molar-refractivity contribution in [3.8, 4) is 5.75 Å². The Labute approximate surface area is 190 Å². The van der Waals surface area contributed by atoms with E-state index in [2.05, 4.69) is 42.6 Å². The predicted octanol–water partition coefficient (Wildman–Crippen LogP) is 3.97. The fourth-order valence-corrected chi connectivity index (χ4v) is 4.52. The van der Waals surface area contributed by atoms with E-state index < -0.39 is 0 Å². The second kappa shape index (κ2) is 9.63. The summed E-state index contributed by atoms with van der Waals surface area (Å²) >= 11 is 0. The molecule has 2 aromatic rings. The van der Waals surface area contributed by atoms with Gasteiger partial charge < -0.3 is 19.9 Å². The highest BCUT2D eigenvalue weighted by molar-refractivity contribution is 5.96. The third kappa shape index (κ3) is 5.23. The first-order chi connectivity index (χ1) is 15.4. The highest BCUT2D eigenvalue weighted by atomic mass is 16.5. The lowest BCUT2D eigenvalue weighted by Crippen LogP contribution is -2.50. The van der Waals surface area contributed by atoms with Crippen molar-refractivity contribution in [1.82, 2.24) is 9.80 Å². The van der Waals surface area contributed by atoms with Gasteiger partial charge in [-0.25, -0.2) is 0 Å². The molecule has 6 nitrogen and oxygen atoms in total. The number of ether oxygens (including phenoxy) is 1. The van der Waals surface area contributed by atoms with Crippen molar-refractivity contribution in [2.75, 3.05) is 38.1 Å². The monoisotopic (exact) mass is 435 g/mol. The van der Waals surface area contributed by atoms with Crippen LogP contribution < -0.4 is 10.1 Å². The Morgan fingerprint density at radius 2 is 1.72 bits per heavy atom. The molecule has 0 aromatic heterocycles. The fourth-order valence-electron chi connectivity index (χ4n) is 4.52. The SMILES string of the molecule is CC(=O)N1CCN(C(=O)c2ccc3c(c2)NC(C)(CCCCc2ccccc2)CO3)CC1. The quantitative estimate of drug-likeness (QED) is 0.698. The number of carbonyl (C=O) groups is 2. The van der Waals surface area contributed by atoms with Crippen LogP contribution in [0, 0.1) is 0 Å². The van der Waals surface area contributed by atoms with Gasteiger partial charge in [0.05, 0.1) is 11.2 Å². The number of hydrogen-bond donors (Lipinski definition) is 1. The molecule has 1 saturated heterocycles. The van der Waals surface area contributed by atoms with Crippen molar-refractivity contribution in [2.24, 2.45) is 0 Å². The predicted molar refractivity (Wildman–Crippen MR) is 126 cm³/mol. The van der Waals surface area contributed by atoms with Crippen LogP contribution in [0.5, 0.6) is 5.75 Å². The molecule has 6 heteroatoms. The molecule has 2 amide bonds. The minimum Gasteiger partial charge on any atom is -0.489 e. The van der Waals surface area contributed by atoms with Gasteiger partial charge in [-0.15, -0.1) is 0 Å². The van der Waals surface area contributed by atoms with Gasteiger partial charge in [0.2, 0.25) is 5.91 Å². The van der Waals surface area contributed by atoms with E-state index in [1.54, 1.807) is 11.8 Å². The highest BCUT2D eigenvalue weighted by Crippen LogP contribution is 2.35. The minimum atomic E-state index is -0.154. The van der Waals surface area contributed by atoms with E-state index in [0.717, 1.165) is 37.1 Å². The molecule has 2 aromatic carbocycles. The maximum Gasteiger partial charge on any atom is 0.254 e. The summed E-state index contributed by atoms with van der Waals surface area (Å²) in [5.41, 5.74) is 2.76. The number of carbonyl (C=O) groups excluding carboxylic acids is 2. The first-order valence-corrected chi connectivity index (χ1v) is 11.6. The molecule has 0 saturated carbocycles. The third-order valence-corrected chi connectivity index (χ3v) is 6.51. The van der Waals surface area contributed by atoms with Crippen LogP contribution >= 0.6 is 0 Å². The zero-order valence-corrected chi connectivity index (χ0v) is 19.1. The summed E-state index contributed by atoms with van der Waals surface area (Å²) in [6.45, 7) is 6.70. The number of amides is 2. The molecular formula is C26H33N3O3. The van der Waals surface area contributed by atoms with Gasteiger partial charge in [0.15, 0.2) is 0 Å². The number of hydrogen-bond acceptors (Lipinski definition) is 4. The Morgan fingerprint density at radius 1 is 1.00 bits per heavy atom. The number of unbranched alkanes of at least 4 members (excludes halogenated alkanes) is 1. The first-order valence-electron chi connectivity index (χ1n) is 11.6. The van der Waals surface area contributed by atoms with E-state index in [9.17, 15) is 9.59 Å². The second-order valence-corrected chi connectivity index (χ2v) is 9.18. The molecule has 0 bridgehead atoms. The van der Waals surface area contributed by atoms with Crippen molar-refractivity contribution in [3.63, 3.8) is 0 Å². The molecule has 0 radical (unpaired) electrons. The van der Waals surface area contributed by atoms with Crippen LogP contribution in [0.2, 0.25) is 0 Å². The van der Waals surface area contributed by atoms with Gasteiger partial charge in [-0.2, -0.15) is 0 Å². The van der Waals surface area contributed by atoms with Crippen LogP contribution in [0.4, 0.5) is 5.69 Å². The summed E-state index contributed by atoms with van der Waals surface area (Å²) in [6.07, 6.45) is 4.34. The smallest absolute Gasteiger partial charge is 0.254 e. The molecule has 1 fully saturated rings. The number of nitrogens with zero attached hydrogens (tertiary/aromatic N) is 2. The van der Waals surface area contributed by atoms with Gasteiger partial charge in [-0.3, -0.25) is 9.59 Å². The lowest BCUT2D eigenvalue weighted by molar-refractivity contribution is -0.130. The van der Waals surface area contributed by atoms with Gasteiger partial charge in [0.25, 0.3) is 5.91 Å². The van der Waals surface area contributed by atoms with Gasteiger partial charge >= 0.3 is 0 Å². The largest absolute Gasteiger partial charge is 0.489 e. The average molecular weight is 436 g/mol. The van der Waals surface area contributed by atoms with Crippen LogP contribution in [0.1, 0.15) is 49.0 Å². The summed E-state index contributed by atoms with van der Waals surface area (Å²) < 4.78 is 6.04. The molecule has 1 atom stereocenters. The second-order valence-electron chi connectivity index (χ2n) is 9.18. The number of nitrogens with one attached hydrogen (secondary N) is 1. The van der Waals surface area contributed by atoms with Gasteiger partial charge in [0, 0.05) is 38.7 Å². The normalized spacial score (nSPS) is 20.2. The van der Waals surface area contributed by atoms with Crippen molar-refractivity contribution in [1.29, 1.82) is 0 Å². The first kappa shape index (κ1) is 22.2. The summed E-state index contributed by atoms with van der Waals surface area (Å²) in [6, 6.07) is 16.2. The van der Waals surface area contributed by atoms with Crippen LogP contribution in [0.3, 0.4) is 0 Å². The van der Waals surface area contributed by atoms with Gasteiger partial charge in [-0.1, -0.05) is 36.8 Å². The number of benzene rings is 2. The van der Waals surface area contributed by atoms with Crippen LogP contribution in [0.15, 0.2) is 48.5 Å². The number of piperazine rings is 1. The standard InChI is InChI=1S/C26H33N3O3/c1-20(30)28-14-16-29(17-15-28)25(31)22-11-12-24-23(18-22)27-26(2,19-32-24)13-7-6-10-21-8-4-3-5-9-21/h3-5,8-9,11-12,18,27H,6-7,10,13-17,19H2,1-2H3.